The highest BCUT2D eigenvalue weighted by molar-refractivity contribution is 7.99. The van der Waals surface area contributed by atoms with Crippen molar-refractivity contribution in [3.05, 3.63) is 65.7 Å². The van der Waals surface area contributed by atoms with E-state index >= 15 is 0 Å². The van der Waals surface area contributed by atoms with Gasteiger partial charge in [-0.05, 0) is 50.1 Å². The van der Waals surface area contributed by atoms with Gasteiger partial charge in [-0.2, -0.15) is 0 Å². The Balaban J connectivity index is 1.52. The van der Waals surface area contributed by atoms with E-state index in [1.807, 2.05) is 39.0 Å². The van der Waals surface area contributed by atoms with E-state index in [1.54, 1.807) is 35.5 Å². The Morgan fingerprint density at radius 3 is 2.60 bits per heavy atom. The smallest absolute Gasteiger partial charge is 0.247 e. The van der Waals surface area contributed by atoms with Crippen molar-refractivity contribution in [1.82, 2.24) is 19.9 Å². The van der Waals surface area contributed by atoms with Crippen LogP contribution in [0.5, 0.6) is 11.5 Å². The summed E-state index contributed by atoms with van der Waals surface area (Å²) in [6.07, 6.45) is 3.81. The maximum Gasteiger partial charge on any atom is 0.247 e. The molecule has 2 aromatic heterocycles. The zero-order valence-electron chi connectivity index (χ0n) is 19.9. The lowest BCUT2D eigenvalue weighted by Gasteiger charge is -2.30. The quantitative estimate of drug-likeness (QED) is 0.355. The molecule has 0 aliphatic carbocycles. The molecule has 0 saturated heterocycles. The summed E-state index contributed by atoms with van der Waals surface area (Å²) in [5, 5.41) is 3.45. The maximum atomic E-state index is 13.4. The molecule has 4 rings (SSSR count). The van der Waals surface area contributed by atoms with Gasteiger partial charge in [0.05, 0.1) is 5.75 Å². The number of nitrogens with one attached hydrogen (secondary N) is 1. The third-order valence-corrected chi connectivity index (χ3v) is 6.22. The van der Waals surface area contributed by atoms with Crippen LogP contribution in [-0.2, 0) is 16.1 Å². The van der Waals surface area contributed by atoms with Gasteiger partial charge >= 0.3 is 0 Å². The molecule has 0 bridgehead atoms. The van der Waals surface area contributed by atoms with Crippen molar-refractivity contribution in [2.75, 3.05) is 17.9 Å². The molecule has 3 heterocycles. The Morgan fingerprint density at radius 2 is 1.89 bits per heavy atom. The van der Waals surface area contributed by atoms with Gasteiger partial charge in [0.2, 0.25) is 18.6 Å². The summed E-state index contributed by atoms with van der Waals surface area (Å²) in [4.78, 5) is 41.3. The van der Waals surface area contributed by atoms with Gasteiger partial charge in [0.1, 0.15) is 6.04 Å². The molecule has 0 radical (unpaired) electrons. The summed E-state index contributed by atoms with van der Waals surface area (Å²) in [5.41, 5.74) is 3.09. The van der Waals surface area contributed by atoms with Gasteiger partial charge in [-0.3, -0.25) is 14.6 Å². The number of carbonyl (C=O) groups excluding carboxylic acids is 2. The summed E-state index contributed by atoms with van der Waals surface area (Å²) in [6.45, 7) is 6.08. The van der Waals surface area contributed by atoms with Crippen molar-refractivity contribution in [3.63, 3.8) is 0 Å². The monoisotopic (exact) mass is 493 g/mol. The molecule has 10 heteroatoms. The predicted molar refractivity (Wildman–Crippen MR) is 132 cm³/mol. The molecule has 1 aliphatic heterocycles. The minimum atomic E-state index is -0.686. The number of fused-ring (bicyclic) bond motifs is 1. The van der Waals surface area contributed by atoms with Crippen LogP contribution >= 0.6 is 11.8 Å². The SMILES string of the molecule is CCC(C(=O)Nc1ccc2c(c1)OCO2)N(Cc1cccnc1)C(=O)CSc1nc(C)cc(C)n1. The Labute approximate surface area is 208 Å². The van der Waals surface area contributed by atoms with Crippen LogP contribution in [0.1, 0.15) is 30.3 Å². The second kappa shape index (κ2) is 11.2. The number of pyridine rings is 1. The molecule has 0 spiro atoms. The van der Waals surface area contributed by atoms with Gasteiger partial charge in [-0.15, -0.1) is 0 Å². The maximum absolute atomic E-state index is 13.4. The summed E-state index contributed by atoms with van der Waals surface area (Å²) >= 11 is 1.26. The summed E-state index contributed by atoms with van der Waals surface area (Å²) < 4.78 is 10.7. The van der Waals surface area contributed by atoms with E-state index in [0.717, 1.165) is 17.0 Å². The zero-order valence-corrected chi connectivity index (χ0v) is 20.7. The summed E-state index contributed by atoms with van der Waals surface area (Å²) in [7, 11) is 0. The van der Waals surface area contributed by atoms with E-state index in [-0.39, 0.29) is 30.9 Å². The minimum absolute atomic E-state index is 0.108. The fraction of sp³-hybridized carbons (Fsp3) is 0.320. The van der Waals surface area contributed by atoms with E-state index in [9.17, 15) is 9.59 Å². The molecule has 182 valence electrons. The predicted octanol–water partition coefficient (Wildman–Crippen LogP) is 3.76. The number of aromatic nitrogens is 3. The Hall–Kier alpha value is -3.66. The van der Waals surface area contributed by atoms with Crippen molar-refractivity contribution in [2.45, 2.75) is 44.9 Å². The highest BCUT2D eigenvalue weighted by Crippen LogP contribution is 2.34. The number of anilines is 1. The first-order valence-corrected chi connectivity index (χ1v) is 12.3. The number of aryl methyl sites for hydroxylation is 2. The van der Waals surface area contributed by atoms with Gasteiger partial charge in [0, 0.05) is 42.1 Å². The van der Waals surface area contributed by atoms with E-state index in [2.05, 4.69) is 20.3 Å². The van der Waals surface area contributed by atoms with E-state index in [4.69, 9.17) is 9.47 Å². The first-order valence-electron chi connectivity index (χ1n) is 11.3. The highest BCUT2D eigenvalue weighted by atomic mass is 32.2. The van der Waals surface area contributed by atoms with Crippen LogP contribution in [0.25, 0.3) is 0 Å². The number of thioether (sulfide) groups is 1. The fourth-order valence-electron chi connectivity index (χ4n) is 3.78. The average molecular weight is 494 g/mol. The number of carbonyl (C=O) groups is 2. The zero-order chi connectivity index (χ0) is 24.8. The molecule has 35 heavy (non-hydrogen) atoms. The third-order valence-electron chi connectivity index (χ3n) is 5.39. The number of amides is 2. The number of ether oxygens (including phenoxy) is 2. The molecular formula is C25H27N5O4S. The number of benzene rings is 1. The van der Waals surface area contributed by atoms with Gasteiger partial charge in [0.25, 0.3) is 0 Å². The number of hydrogen-bond acceptors (Lipinski definition) is 8. The molecule has 3 aromatic rings. The van der Waals surface area contributed by atoms with Crippen LogP contribution in [0.2, 0.25) is 0 Å². The van der Waals surface area contributed by atoms with E-state index in [1.165, 1.54) is 11.8 Å². The Bertz CT molecular complexity index is 1190. The van der Waals surface area contributed by atoms with Crippen LogP contribution in [0.3, 0.4) is 0 Å². The third kappa shape index (κ3) is 6.27. The highest BCUT2D eigenvalue weighted by Gasteiger charge is 2.29. The molecule has 1 aliphatic rings. The molecule has 0 fully saturated rings. The van der Waals surface area contributed by atoms with Crippen molar-refractivity contribution < 1.29 is 19.1 Å². The molecule has 9 nitrogen and oxygen atoms in total. The van der Waals surface area contributed by atoms with Crippen molar-refractivity contribution in [2.24, 2.45) is 0 Å². The van der Waals surface area contributed by atoms with E-state index < -0.39 is 6.04 Å². The molecule has 1 atom stereocenters. The first-order chi connectivity index (χ1) is 16.9. The van der Waals surface area contributed by atoms with Crippen LogP contribution in [-0.4, -0.2) is 50.3 Å². The van der Waals surface area contributed by atoms with E-state index in [0.29, 0.717) is 28.8 Å². The first kappa shape index (κ1) is 24.5. The summed E-state index contributed by atoms with van der Waals surface area (Å²) in [6, 6.07) is 10.1. The Kier molecular flexibility index (Phi) is 7.81. The number of nitrogens with zero attached hydrogens (tertiary/aromatic N) is 4. The van der Waals surface area contributed by atoms with Gasteiger partial charge in [-0.25, -0.2) is 9.97 Å². The average Bonchev–Trinajstić information content (AvgIpc) is 3.30. The number of rotatable bonds is 9. The van der Waals surface area contributed by atoms with Crippen LogP contribution < -0.4 is 14.8 Å². The van der Waals surface area contributed by atoms with Gasteiger partial charge in [0.15, 0.2) is 16.7 Å². The van der Waals surface area contributed by atoms with Crippen LogP contribution in [0.4, 0.5) is 5.69 Å². The van der Waals surface area contributed by atoms with Gasteiger partial charge < -0.3 is 19.7 Å². The van der Waals surface area contributed by atoms with Gasteiger partial charge in [-0.1, -0.05) is 24.8 Å². The molecule has 1 unspecified atom stereocenters. The fourth-order valence-corrected chi connectivity index (χ4v) is 4.61. The minimum Gasteiger partial charge on any atom is -0.454 e. The molecule has 1 N–H and O–H groups in total. The number of hydrogen-bond donors (Lipinski definition) is 1. The molecule has 1 aromatic carbocycles. The Morgan fingerprint density at radius 1 is 1.11 bits per heavy atom. The largest absolute Gasteiger partial charge is 0.454 e. The summed E-state index contributed by atoms with van der Waals surface area (Å²) in [5.74, 6) is 0.848. The second-order valence-corrected chi connectivity index (χ2v) is 9.03. The second-order valence-electron chi connectivity index (χ2n) is 8.09. The lowest BCUT2D eigenvalue weighted by Crippen LogP contribution is -2.47. The topological polar surface area (TPSA) is 107 Å². The molecular weight excluding hydrogens is 466 g/mol. The normalized spacial score (nSPS) is 12.8. The lowest BCUT2D eigenvalue weighted by atomic mass is 10.1. The van der Waals surface area contributed by atoms with Crippen LogP contribution in [0.15, 0.2) is 53.9 Å². The van der Waals surface area contributed by atoms with Crippen molar-refractivity contribution in [3.8, 4) is 11.5 Å². The van der Waals surface area contributed by atoms with Crippen molar-refractivity contribution >= 4 is 29.3 Å². The molecule has 2 amide bonds. The standard InChI is InChI=1S/C25H27N5O4S/c1-4-20(24(32)29-19-7-8-21-22(11-19)34-15-33-21)30(13-18-6-5-9-26-12-18)23(31)14-35-25-27-16(2)10-17(3)28-25/h5-12,20H,4,13-15H2,1-3H3,(H,29,32). The van der Waals surface area contributed by atoms with Crippen LogP contribution in [0, 0.1) is 13.8 Å². The van der Waals surface area contributed by atoms with Crippen molar-refractivity contribution in [1.29, 1.82) is 0 Å². The lowest BCUT2D eigenvalue weighted by molar-refractivity contribution is -0.137. The molecule has 0 saturated carbocycles.